The highest BCUT2D eigenvalue weighted by Gasteiger charge is 2.05. The van der Waals surface area contributed by atoms with Crippen LogP contribution >= 0.6 is 23.2 Å². The number of alkyl halides is 2. The van der Waals surface area contributed by atoms with E-state index in [2.05, 4.69) is 65.2 Å². The molecule has 2 atom stereocenters. The van der Waals surface area contributed by atoms with Crippen molar-refractivity contribution >= 4 is 23.2 Å². The SMILES string of the molecule is C=C(C)C(Cl)CC/C(C)=C/CC/C(C)=C/CC/C=C(\C)CC/C=C(\C)CCC(Cl)C(=C)C. The van der Waals surface area contributed by atoms with Crippen molar-refractivity contribution in [3.8, 4) is 0 Å². The molecule has 0 bridgehead atoms. The Morgan fingerprint density at radius 2 is 0.812 bits per heavy atom. The van der Waals surface area contributed by atoms with Crippen LogP contribution in [-0.4, -0.2) is 10.8 Å². The van der Waals surface area contributed by atoms with Crippen LogP contribution in [0, 0.1) is 0 Å². The fourth-order valence-corrected chi connectivity index (χ4v) is 3.58. The molecule has 0 aromatic heterocycles. The van der Waals surface area contributed by atoms with E-state index in [1.54, 1.807) is 0 Å². The second-order valence-electron chi connectivity index (χ2n) is 9.56. The van der Waals surface area contributed by atoms with E-state index in [4.69, 9.17) is 23.2 Å². The van der Waals surface area contributed by atoms with Gasteiger partial charge < -0.3 is 0 Å². The number of hydrogen-bond donors (Lipinski definition) is 0. The van der Waals surface area contributed by atoms with E-state index in [-0.39, 0.29) is 10.8 Å². The second kappa shape index (κ2) is 18.4. The van der Waals surface area contributed by atoms with Crippen LogP contribution in [0.2, 0.25) is 0 Å². The number of allylic oxidation sites excluding steroid dienone is 10. The van der Waals surface area contributed by atoms with Gasteiger partial charge in [-0.05, 0) is 106 Å². The van der Waals surface area contributed by atoms with Crippen LogP contribution in [0.15, 0.2) is 70.9 Å². The van der Waals surface area contributed by atoms with Gasteiger partial charge in [0.25, 0.3) is 0 Å². The Labute approximate surface area is 210 Å². The van der Waals surface area contributed by atoms with Gasteiger partial charge in [-0.25, -0.2) is 0 Å². The van der Waals surface area contributed by atoms with Crippen LogP contribution in [0.3, 0.4) is 0 Å². The summed E-state index contributed by atoms with van der Waals surface area (Å²) in [7, 11) is 0. The first kappa shape index (κ1) is 31.0. The van der Waals surface area contributed by atoms with E-state index < -0.39 is 0 Å². The molecule has 32 heavy (non-hydrogen) atoms. The molecule has 2 heteroatoms. The zero-order chi connectivity index (χ0) is 24.5. The Morgan fingerprint density at radius 3 is 1.12 bits per heavy atom. The summed E-state index contributed by atoms with van der Waals surface area (Å²) in [6.45, 7) is 20.8. The van der Waals surface area contributed by atoms with Crippen LogP contribution in [0.5, 0.6) is 0 Å². The second-order valence-corrected chi connectivity index (χ2v) is 10.6. The van der Waals surface area contributed by atoms with Crippen molar-refractivity contribution in [2.24, 2.45) is 0 Å². The molecule has 0 amide bonds. The summed E-state index contributed by atoms with van der Waals surface area (Å²) < 4.78 is 0. The van der Waals surface area contributed by atoms with Gasteiger partial charge in [-0.1, -0.05) is 70.9 Å². The Balaban J connectivity index is 4.10. The van der Waals surface area contributed by atoms with Gasteiger partial charge >= 0.3 is 0 Å². The molecule has 0 spiro atoms. The van der Waals surface area contributed by atoms with Crippen molar-refractivity contribution < 1.29 is 0 Å². The minimum atomic E-state index is 0.0989. The molecule has 0 aliphatic heterocycles. The number of hydrogen-bond acceptors (Lipinski definition) is 0. The number of rotatable bonds is 17. The first-order valence-electron chi connectivity index (χ1n) is 12.2. The third kappa shape index (κ3) is 17.6. The molecule has 0 saturated heterocycles. The monoisotopic (exact) mass is 478 g/mol. The Bertz CT molecular complexity index is 628. The van der Waals surface area contributed by atoms with Crippen LogP contribution in [0.4, 0.5) is 0 Å². The summed E-state index contributed by atoms with van der Waals surface area (Å²) in [4.78, 5) is 0. The molecule has 0 radical (unpaired) electrons. The summed E-state index contributed by atoms with van der Waals surface area (Å²) in [5.41, 5.74) is 7.98. The predicted octanol–water partition coefficient (Wildman–Crippen LogP) is 11.0. The largest absolute Gasteiger partial charge is 0.118 e. The van der Waals surface area contributed by atoms with E-state index in [0.29, 0.717) is 0 Å². The first-order valence-corrected chi connectivity index (χ1v) is 13.1. The molecule has 182 valence electrons. The quantitative estimate of drug-likeness (QED) is 0.111. The lowest BCUT2D eigenvalue weighted by molar-refractivity contribution is 0.803. The molecule has 0 saturated carbocycles. The van der Waals surface area contributed by atoms with E-state index in [9.17, 15) is 0 Å². The highest BCUT2D eigenvalue weighted by Crippen LogP contribution is 2.19. The maximum absolute atomic E-state index is 6.26. The van der Waals surface area contributed by atoms with Crippen molar-refractivity contribution in [3.63, 3.8) is 0 Å². The van der Waals surface area contributed by atoms with Crippen molar-refractivity contribution in [2.45, 2.75) is 117 Å². The molecule has 0 aromatic carbocycles. The predicted molar refractivity (Wildman–Crippen MR) is 150 cm³/mol. The third-order valence-electron chi connectivity index (χ3n) is 5.87. The van der Waals surface area contributed by atoms with Crippen LogP contribution in [-0.2, 0) is 0 Å². The van der Waals surface area contributed by atoms with Crippen molar-refractivity contribution in [2.75, 3.05) is 0 Å². The van der Waals surface area contributed by atoms with Crippen LogP contribution in [0.25, 0.3) is 0 Å². The summed E-state index contributed by atoms with van der Waals surface area (Å²) >= 11 is 12.5. The minimum absolute atomic E-state index is 0.0989. The van der Waals surface area contributed by atoms with Gasteiger partial charge in [0.1, 0.15) is 0 Å². The van der Waals surface area contributed by atoms with Crippen molar-refractivity contribution in [1.82, 2.24) is 0 Å². The molecule has 0 heterocycles. The average Bonchev–Trinajstić information content (AvgIpc) is 2.73. The molecule has 0 aliphatic rings. The molecule has 0 nitrogen and oxygen atoms in total. The summed E-state index contributed by atoms with van der Waals surface area (Å²) in [6.07, 6.45) is 20.4. The standard InChI is InChI=1S/C30H48Cl2/c1-23(2)29(31)21-19-27(7)17-11-15-25(5)13-9-10-14-26(6)16-12-18-28(8)20-22-30(32)24(3)4/h13-14,17-18,29-30H,1,3,9-12,15-16,19-22H2,2,4-8H3/b25-13+,26-14+,27-17+,28-18+. The summed E-state index contributed by atoms with van der Waals surface area (Å²) in [5.74, 6) is 0. The smallest absolute Gasteiger partial charge is 0.0543 e. The maximum atomic E-state index is 6.26. The molecule has 0 aromatic rings. The third-order valence-corrected chi connectivity index (χ3v) is 7.05. The Hall–Kier alpha value is -0.980. The maximum Gasteiger partial charge on any atom is 0.0543 e. The lowest BCUT2D eigenvalue weighted by atomic mass is 10.0. The molecular formula is C30H48Cl2. The van der Waals surface area contributed by atoms with Gasteiger partial charge in [-0.15, -0.1) is 23.2 Å². The van der Waals surface area contributed by atoms with Gasteiger partial charge in [0.15, 0.2) is 0 Å². The van der Waals surface area contributed by atoms with Gasteiger partial charge in [-0.3, -0.25) is 0 Å². The molecule has 0 rings (SSSR count). The van der Waals surface area contributed by atoms with Crippen molar-refractivity contribution in [3.05, 3.63) is 70.9 Å². The highest BCUT2D eigenvalue weighted by molar-refractivity contribution is 6.22. The fourth-order valence-electron chi connectivity index (χ4n) is 3.36. The normalized spacial score (nSPS) is 15.6. The zero-order valence-corrected chi connectivity index (χ0v) is 23.2. The van der Waals surface area contributed by atoms with E-state index in [0.717, 1.165) is 75.4 Å². The summed E-state index contributed by atoms with van der Waals surface area (Å²) in [6, 6.07) is 0. The zero-order valence-electron chi connectivity index (χ0n) is 21.7. The van der Waals surface area contributed by atoms with Gasteiger partial charge in [0.2, 0.25) is 0 Å². The Kier molecular flexibility index (Phi) is 17.9. The lowest BCUT2D eigenvalue weighted by Crippen LogP contribution is -1.99. The number of unbranched alkanes of at least 4 members (excludes halogenated alkanes) is 1. The van der Waals surface area contributed by atoms with Gasteiger partial charge in [-0.2, -0.15) is 0 Å². The highest BCUT2D eigenvalue weighted by atomic mass is 35.5. The van der Waals surface area contributed by atoms with Gasteiger partial charge in [0.05, 0.1) is 10.8 Å². The van der Waals surface area contributed by atoms with E-state index in [1.165, 1.54) is 22.3 Å². The minimum Gasteiger partial charge on any atom is -0.118 e. The molecular weight excluding hydrogens is 431 g/mol. The molecule has 0 N–H and O–H groups in total. The van der Waals surface area contributed by atoms with E-state index in [1.807, 2.05) is 13.8 Å². The topological polar surface area (TPSA) is 0 Å². The summed E-state index contributed by atoms with van der Waals surface area (Å²) in [5, 5.41) is 0.198. The number of halogens is 2. The molecule has 0 aliphatic carbocycles. The Morgan fingerprint density at radius 1 is 0.531 bits per heavy atom. The van der Waals surface area contributed by atoms with Crippen LogP contribution in [0.1, 0.15) is 106 Å². The molecule has 0 fully saturated rings. The van der Waals surface area contributed by atoms with Gasteiger partial charge in [0, 0.05) is 0 Å². The lowest BCUT2D eigenvalue weighted by Gasteiger charge is -2.09. The van der Waals surface area contributed by atoms with Crippen molar-refractivity contribution in [1.29, 1.82) is 0 Å². The van der Waals surface area contributed by atoms with E-state index >= 15 is 0 Å². The fraction of sp³-hybridized carbons (Fsp3) is 0.600. The average molecular weight is 480 g/mol. The van der Waals surface area contributed by atoms with Crippen LogP contribution < -0.4 is 0 Å². The molecule has 2 unspecified atom stereocenters. The first-order chi connectivity index (χ1) is 15.0.